The molecule has 3 aromatic rings. The fraction of sp³-hybridized carbons (Fsp3) is 0.133. The summed E-state index contributed by atoms with van der Waals surface area (Å²) in [6.45, 7) is 2.31. The molecule has 22 heavy (non-hydrogen) atoms. The lowest BCUT2D eigenvalue weighted by atomic mass is 10.2. The van der Waals surface area contributed by atoms with Crippen LogP contribution in [0.4, 0.5) is 10.2 Å². The van der Waals surface area contributed by atoms with E-state index < -0.39 is 5.97 Å². The number of carboxylic acids is 1. The fourth-order valence-corrected chi connectivity index (χ4v) is 2.11. The van der Waals surface area contributed by atoms with Crippen molar-refractivity contribution in [2.75, 3.05) is 5.32 Å². The first-order valence-electron chi connectivity index (χ1n) is 6.61. The van der Waals surface area contributed by atoms with Crippen LogP contribution in [0.25, 0.3) is 5.65 Å². The van der Waals surface area contributed by atoms with Crippen LogP contribution in [0.3, 0.4) is 0 Å². The molecule has 0 aliphatic rings. The second-order valence-corrected chi connectivity index (χ2v) is 4.87. The predicted molar refractivity (Wildman–Crippen MR) is 78.4 cm³/mol. The number of anilines is 1. The highest BCUT2D eigenvalue weighted by Crippen LogP contribution is 2.16. The molecule has 7 heteroatoms. The van der Waals surface area contributed by atoms with Crippen molar-refractivity contribution in [3.8, 4) is 0 Å². The highest BCUT2D eigenvalue weighted by Gasteiger charge is 2.13. The first-order valence-corrected chi connectivity index (χ1v) is 6.61. The van der Waals surface area contributed by atoms with Gasteiger partial charge in [0.05, 0.1) is 6.20 Å². The molecule has 0 saturated heterocycles. The average Bonchev–Trinajstić information content (AvgIpc) is 2.89. The molecule has 0 unspecified atom stereocenters. The molecular weight excluding hydrogens is 287 g/mol. The minimum atomic E-state index is -1.09. The maximum Gasteiger partial charge on any atom is 0.356 e. The van der Waals surface area contributed by atoms with E-state index in [1.807, 2.05) is 6.92 Å². The minimum absolute atomic E-state index is 0.000155. The smallest absolute Gasteiger partial charge is 0.356 e. The molecule has 0 atom stereocenters. The molecule has 3 rings (SSSR count). The number of aryl methyl sites for hydroxylation is 1. The standard InChI is InChI=1S/C15H13FN4O2/c1-9-6-13-17-8-12(15(21)22)20(13)19-14(9)18-7-10-2-4-11(16)5-3-10/h2-6,8H,7H2,1H3,(H,18,19)(H,21,22). The van der Waals surface area contributed by atoms with E-state index in [1.54, 1.807) is 18.2 Å². The predicted octanol–water partition coefficient (Wildman–Crippen LogP) is 2.49. The van der Waals surface area contributed by atoms with Gasteiger partial charge in [-0.25, -0.2) is 18.7 Å². The zero-order chi connectivity index (χ0) is 15.7. The van der Waals surface area contributed by atoms with E-state index in [-0.39, 0.29) is 11.5 Å². The number of fused-ring (bicyclic) bond motifs is 1. The van der Waals surface area contributed by atoms with E-state index in [0.717, 1.165) is 11.1 Å². The number of hydrogen-bond donors (Lipinski definition) is 2. The molecule has 112 valence electrons. The van der Waals surface area contributed by atoms with Crippen molar-refractivity contribution in [2.45, 2.75) is 13.5 Å². The first kappa shape index (κ1) is 14.0. The van der Waals surface area contributed by atoms with Gasteiger partial charge in [-0.2, -0.15) is 0 Å². The van der Waals surface area contributed by atoms with Gasteiger partial charge in [-0.05, 0) is 36.2 Å². The number of aromatic carboxylic acids is 1. The Balaban J connectivity index is 1.89. The van der Waals surface area contributed by atoms with Gasteiger partial charge >= 0.3 is 5.97 Å². The van der Waals surface area contributed by atoms with E-state index >= 15 is 0 Å². The number of nitrogens with zero attached hydrogens (tertiary/aromatic N) is 3. The van der Waals surface area contributed by atoms with Gasteiger partial charge < -0.3 is 10.4 Å². The van der Waals surface area contributed by atoms with Gasteiger partial charge in [-0.15, -0.1) is 5.10 Å². The number of aromatic nitrogens is 3. The molecule has 0 aliphatic heterocycles. The summed E-state index contributed by atoms with van der Waals surface area (Å²) >= 11 is 0. The molecule has 6 nitrogen and oxygen atoms in total. The molecule has 0 fully saturated rings. The molecule has 0 radical (unpaired) electrons. The molecule has 0 bridgehead atoms. The van der Waals surface area contributed by atoms with Crippen LogP contribution in [-0.4, -0.2) is 25.7 Å². The van der Waals surface area contributed by atoms with Crippen molar-refractivity contribution >= 4 is 17.4 Å². The Morgan fingerprint density at radius 1 is 1.36 bits per heavy atom. The van der Waals surface area contributed by atoms with Crippen molar-refractivity contribution in [1.29, 1.82) is 0 Å². The molecule has 0 aliphatic carbocycles. The van der Waals surface area contributed by atoms with E-state index in [2.05, 4.69) is 15.4 Å². The number of carbonyl (C=O) groups is 1. The van der Waals surface area contributed by atoms with Crippen LogP contribution >= 0.6 is 0 Å². The van der Waals surface area contributed by atoms with Crippen molar-refractivity contribution in [3.05, 3.63) is 59.2 Å². The zero-order valence-electron chi connectivity index (χ0n) is 11.7. The molecule has 2 aromatic heterocycles. The Kier molecular flexibility index (Phi) is 3.46. The normalized spacial score (nSPS) is 10.8. The lowest BCUT2D eigenvalue weighted by Gasteiger charge is -2.09. The highest BCUT2D eigenvalue weighted by atomic mass is 19.1. The lowest BCUT2D eigenvalue weighted by molar-refractivity contribution is 0.0688. The average molecular weight is 300 g/mol. The molecule has 2 heterocycles. The van der Waals surface area contributed by atoms with Crippen LogP contribution < -0.4 is 5.32 Å². The highest BCUT2D eigenvalue weighted by molar-refractivity contribution is 5.86. The number of halogens is 1. The lowest BCUT2D eigenvalue weighted by Crippen LogP contribution is -2.09. The number of nitrogens with one attached hydrogen (secondary N) is 1. The van der Waals surface area contributed by atoms with Crippen molar-refractivity contribution in [2.24, 2.45) is 0 Å². The fourth-order valence-electron chi connectivity index (χ4n) is 2.11. The Morgan fingerprint density at radius 2 is 2.09 bits per heavy atom. The third kappa shape index (κ3) is 2.60. The Hall–Kier alpha value is -2.96. The zero-order valence-corrected chi connectivity index (χ0v) is 11.7. The molecule has 0 saturated carbocycles. The van der Waals surface area contributed by atoms with Gasteiger partial charge in [0, 0.05) is 6.54 Å². The SMILES string of the molecule is Cc1cc2ncc(C(=O)O)n2nc1NCc1ccc(F)cc1. The summed E-state index contributed by atoms with van der Waals surface area (Å²) in [4.78, 5) is 15.1. The minimum Gasteiger partial charge on any atom is -0.476 e. The van der Waals surface area contributed by atoms with E-state index in [1.165, 1.54) is 22.8 Å². The van der Waals surface area contributed by atoms with Crippen LogP contribution in [0.15, 0.2) is 36.5 Å². The molecule has 1 aromatic carbocycles. The van der Waals surface area contributed by atoms with Gasteiger partial charge in [0.1, 0.15) is 11.6 Å². The third-order valence-electron chi connectivity index (χ3n) is 3.28. The van der Waals surface area contributed by atoms with Crippen LogP contribution in [0, 0.1) is 12.7 Å². The van der Waals surface area contributed by atoms with Crippen LogP contribution in [-0.2, 0) is 6.54 Å². The molecular formula is C15H13FN4O2. The van der Waals surface area contributed by atoms with Gasteiger partial charge in [0.2, 0.25) is 0 Å². The van der Waals surface area contributed by atoms with E-state index in [9.17, 15) is 9.18 Å². The summed E-state index contributed by atoms with van der Waals surface area (Å²) < 4.78 is 14.2. The summed E-state index contributed by atoms with van der Waals surface area (Å²) in [5.74, 6) is -0.824. The van der Waals surface area contributed by atoms with Gasteiger partial charge in [0.25, 0.3) is 0 Å². The number of carboxylic acid groups (broad SMARTS) is 1. The van der Waals surface area contributed by atoms with Gasteiger partial charge in [-0.3, -0.25) is 0 Å². The summed E-state index contributed by atoms with van der Waals surface area (Å²) in [6, 6.07) is 7.89. The van der Waals surface area contributed by atoms with Gasteiger partial charge in [-0.1, -0.05) is 12.1 Å². The van der Waals surface area contributed by atoms with Crippen molar-refractivity contribution in [3.63, 3.8) is 0 Å². The Bertz CT molecular complexity index is 843. The third-order valence-corrected chi connectivity index (χ3v) is 3.28. The molecule has 0 amide bonds. The number of benzene rings is 1. The number of imidazole rings is 1. The Morgan fingerprint density at radius 3 is 2.77 bits per heavy atom. The molecule has 2 N–H and O–H groups in total. The quantitative estimate of drug-likeness (QED) is 0.774. The summed E-state index contributed by atoms with van der Waals surface area (Å²) in [7, 11) is 0. The summed E-state index contributed by atoms with van der Waals surface area (Å²) in [6.07, 6.45) is 1.27. The van der Waals surface area contributed by atoms with E-state index in [0.29, 0.717) is 18.0 Å². The Labute approximate surface area is 125 Å². The van der Waals surface area contributed by atoms with Crippen LogP contribution in [0.1, 0.15) is 21.6 Å². The van der Waals surface area contributed by atoms with E-state index in [4.69, 9.17) is 5.11 Å². The van der Waals surface area contributed by atoms with Crippen LogP contribution in [0.5, 0.6) is 0 Å². The maximum atomic E-state index is 12.9. The summed E-state index contributed by atoms with van der Waals surface area (Å²) in [5, 5.41) is 16.5. The topological polar surface area (TPSA) is 79.5 Å². The second-order valence-electron chi connectivity index (χ2n) is 4.87. The monoisotopic (exact) mass is 300 g/mol. The number of rotatable bonds is 4. The van der Waals surface area contributed by atoms with Crippen LogP contribution in [0.2, 0.25) is 0 Å². The van der Waals surface area contributed by atoms with Crippen molar-refractivity contribution < 1.29 is 14.3 Å². The number of hydrogen-bond acceptors (Lipinski definition) is 4. The van der Waals surface area contributed by atoms with Crippen molar-refractivity contribution in [1.82, 2.24) is 14.6 Å². The molecule has 0 spiro atoms. The maximum absolute atomic E-state index is 12.9. The largest absolute Gasteiger partial charge is 0.476 e. The van der Waals surface area contributed by atoms with Gasteiger partial charge in [0.15, 0.2) is 11.3 Å². The second kappa shape index (κ2) is 5.44. The summed E-state index contributed by atoms with van der Waals surface area (Å²) in [5.41, 5.74) is 2.21. The first-order chi connectivity index (χ1) is 10.5.